The monoisotopic (exact) mass is 471 g/mol. The SMILES string of the molecule is CCNC(=NCc1ccc(N(CC)CC)nc1)NCc1ccnn1C.I. The minimum atomic E-state index is 0. The van der Waals surface area contributed by atoms with E-state index in [-0.39, 0.29) is 24.0 Å². The van der Waals surface area contributed by atoms with Gasteiger partial charge in [-0.2, -0.15) is 5.10 Å². The summed E-state index contributed by atoms with van der Waals surface area (Å²) in [5.74, 6) is 1.80. The fourth-order valence-electron chi connectivity index (χ4n) is 2.51. The molecular weight excluding hydrogens is 441 g/mol. The van der Waals surface area contributed by atoms with Crippen molar-refractivity contribution in [1.29, 1.82) is 0 Å². The molecule has 0 radical (unpaired) electrons. The number of aryl methyl sites for hydroxylation is 1. The third-order valence-electron chi connectivity index (χ3n) is 4.02. The second kappa shape index (κ2) is 11.7. The lowest BCUT2D eigenvalue weighted by atomic mass is 10.3. The van der Waals surface area contributed by atoms with Crippen LogP contribution in [0.2, 0.25) is 0 Å². The predicted molar refractivity (Wildman–Crippen MR) is 118 cm³/mol. The van der Waals surface area contributed by atoms with Crippen LogP contribution < -0.4 is 15.5 Å². The number of hydrogen-bond acceptors (Lipinski definition) is 4. The second-order valence-corrected chi connectivity index (χ2v) is 5.69. The number of halogens is 1. The largest absolute Gasteiger partial charge is 0.357 e. The van der Waals surface area contributed by atoms with Gasteiger partial charge in [-0.05, 0) is 38.5 Å². The maximum Gasteiger partial charge on any atom is 0.191 e. The lowest BCUT2D eigenvalue weighted by Gasteiger charge is -2.19. The number of nitrogens with one attached hydrogen (secondary N) is 2. The van der Waals surface area contributed by atoms with E-state index in [0.29, 0.717) is 13.1 Å². The maximum absolute atomic E-state index is 4.64. The van der Waals surface area contributed by atoms with Crippen LogP contribution in [0.25, 0.3) is 0 Å². The molecule has 0 spiro atoms. The van der Waals surface area contributed by atoms with E-state index in [9.17, 15) is 0 Å². The summed E-state index contributed by atoms with van der Waals surface area (Å²) in [6.07, 6.45) is 3.70. The van der Waals surface area contributed by atoms with Crippen molar-refractivity contribution in [3.8, 4) is 0 Å². The zero-order valence-electron chi connectivity index (χ0n) is 16.1. The summed E-state index contributed by atoms with van der Waals surface area (Å²) in [5.41, 5.74) is 2.20. The maximum atomic E-state index is 4.64. The van der Waals surface area contributed by atoms with Crippen LogP contribution in [0.3, 0.4) is 0 Å². The molecule has 0 atom stereocenters. The van der Waals surface area contributed by atoms with Crippen LogP contribution in [0, 0.1) is 0 Å². The molecule has 0 saturated carbocycles. The number of aliphatic imine (C=N–C) groups is 1. The summed E-state index contributed by atoms with van der Waals surface area (Å²) >= 11 is 0. The molecule has 26 heavy (non-hydrogen) atoms. The minimum Gasteiger partial charge on any atom is -0.357 e. The Kier molecular flexibility index (Phi) is 10.0. The Hall–Kier alpha value is -1.84. The van der Waals surface area contributed by atoms with Crippen LogP contribution in [0.4, 0.5) is 5.82 Å². The van der Waals surface area contributed by atoms with Gasteiger partial charge in [-0.3, -0.25) is 4.68 Å². The number of guanidine groups is 1. The van der Waals surface area contributed by atoms with Gasteiger partial charge in [-0.25, -0.2) is 9.98 Å². The van der Waals surface area contributed by atoms with Gasteiger partial charge in [0.15, 0.2) is 5.96 Å². The summed E-state index contributed by atoms with van der Waals surface area (Å²) in [7, 11) is 1.93. The Morgan fingerprint density at radius 1 is 1.15 bits per heavy atom. The van der Waals surface area contributed by atoms with Gasteiger partial charge in [0, 0.05) is 39.1 Å². The number of anilines is 1. The number of aromatic nitrogens is 3. The first-order valence-electron chi connectivity index (χ1n) is 8.86. The lowest BCUT2D eigenvalue weighted by Crippen LogP contribution is -2.37. The van der Waals surface area contributed by atoms with Crippen molar-refractivity contribution >= 4 is 35.8 Å². The van der Waals surface area contributed by atoms with E-state index in [1.165, 1.54) is 0 Å². The summed E-state index contributed by atoms with van der Waals surface area (Å²) in [4.78, 5) is 11.4. The Labute approximate surface area is 173 Å². The third kappa shape index (κ3) is 6.47. The number of nitrogens with zero attached hydrogens (tertiary/aromatic N) is 5. The molecule has 0 saturated heterocycles. The molecule has 0 aliphatic rings. The van der Waals surface area contributed by atoms with Gasteiger partial charge in [0.1, 0.15) is 5.82 Å². The Bertz CT molecular complexity index is 662. The molecule has 0 aliphatic carbocycles. The lowest BCUT2D eigenvalue weighted by molar-refractivity contribution is 0.685. The fraction of sp³-hybridized carbons (Fsp3) is 0.500. The molecule has 2 N–H and O–H groups in total. The second-order valence-electron chi connectivity index (χ2n) is 5.69. The minimum absolute atomic E-state index is 0. The highest BCUT2D eigenvalue weighted by Crippen LogP contribution is 2.11. The van der Waals surface area contributed by atoms with Crippen molar-refractivity contribution in [2.24, 2.45) is 12.0 Å². The zero-order valence-corrected chi connectivity index (χ0v) is 18.4. The van der Waals surface area contributed by atoms with Crippen LogP contribution in [-0.4, -0.2) is 40.4 Å². The molecule has 7 nitrogen and oxygen atoms in total. The summed E-state index contributed by atoms with van der Waals surface area (Å²) in [5, 5.41) is 10.8. The highest BCUT2D eigenvalue weighted by Gasteiger charge is 2.04. The normalized spacial score (nSPS) is 11.0. The van der Waals surface area contributed by atoms with E-state index in [4.69, 9.17) is 0 Å². The smallest absolute Gasteiger partial charge is 0.191 e. The Morgan fingerprint density at radius 2 is 1.92 bits per heavy atom. The van der Waals surface area contributed by atoms with Crippen molar-refractivity contribution in [2.45, 2.75) is 33.9 Å². The number of pyridine rings is 1. The molecule has 2 rings (SSSR count). The average Bonchev–Trinajstić information content (AvgIpc) is 3.04. The summed E-state index contributed by atoms with van der Waals surface area (Å²) in [6.45, 7) is 10.3. The van der Waals surface area contributed by atoms with E-state index in [1.807, 2.05) is 24.0 Å². The first kappa shape index (κ1) is 22.2. The molecule has 0 aliphatic heterocycles. The Balaban J connectivity index is 0.00000338. The number of hydrogen-bond donors (Lipinski definition) is 2. The standard InChI is InChI=1S/C18H29N7.HI/c1-5-19-18(22-14-16-10-11-23-24(16)4)21-13-15-8-9-17(20-12-15)25(6-2)7-3;/h8-12H,5-7,13-14H2,1-4H3,(H2,19,21,22);1H. The van der Waals surface area contributed by atoms with Crippen molar-refractivity contribution in [1.82, 2.24) is 25.4 Å². The molecule has 0 fully saturated rings. The van der Waals surface area contributed by atoms with Crippen molar-refractivity contribution in [3.63, 3.8) is 0 Å². The Morgan fingerprint density at radius 3 is 2.46 bits per heavy atom. The van der Waals surface area contributed by atoms with Crippen LogP contribution in [-0.2, 0) is 20.1 Å². The summed E-state index contributed by atoms with van der Waals surface area (Å²) < 4.78 is 1.85. The first-order valence-corrected chi connectivity index (χ1v) is 8.86. The first-order chi connectivity index (χ1) is 12.2. The molecule has 2 heterocycles. The molecule has 0 unspecified atom stereocenters. The van der Waals surface area contributed by atoms with Crippen molar-refractivity contribution in [3.05, 3.63) is 41.9 Å². The molecule has 8 heteroatoms. The zero-order chi connectivity index (χ0) is 18.1. The molecule has 0 amide bonds. The quantitative estimate of drug-likeness (QED) is 0.352. The van der Waals surface area contributed by atoms with Gasteiger partial charge in [-0.15, -0.1) is 24.0 Å². The van der Waals surface area contributed by atoms with E-state index < -0.39 is 0 Å². The van der Waals surface area contributed by atoms with Crippen molar-refractivity contribution in [2.75, 3.05) is 24.5 Å². The van der Waals surface area contributed by atoms with E-state index in [1.54, 1.807) is 6.20 Å². The van der Waals surface area contributed by atoms with Gasteiger partial charge in [-0.1, -0.05) is 6.07 Å². The summed E-state index contributed by atoms with van der Waals surface area (Å²) in [6, 6.07) is 6.15. The highest BCUT2D eigenvalue weighted by atomic mass is 127. The number of rotatable bonds is 8. The van der Waals surface area contributed by atoms with Crippen LogP contribution >= 0.6 is 24.0 Å². The van der Waals surface area contributed by atoms with Crippen LogP contribution in [0.15, 0.2) is 35.6 Å². The molecule has 2 aromatic rings. The van der Waals surface area contributed by atoms with Gasteiger partial charge in [0.25, 0.3) is 0 Å². The molecule has 0 aromatic carbocycles. The van der Waals surface area contributed by atoms with E-state index >= 15 is 0 Å². The van der Waals surface area contributed by atoms with E-state index in [0.717, 1.165) is 42.7 Å². The van der Waals surface area contributed by atoms with Gasteiger partial charge in [0.05, 0.1) is 18.8 Å². The van der Waals surface area contributed by atoms with Crippen LogP contribution in [0.5, 0.6) is 0 Å². The van der Waals surface area contributed by atoms with Gasteiger partial charge < -0.3 is 15.5 Å². The topological polar surface area (TPSA) is 70.4 Å². The highest BCUT2D eigenvalue weighted by molar-refractivity contribution is 14.0. The van der Waals surface area contributed by atoms with Crippen molar-refractivity contribution < 1.29 is 0 Å². The predicted octanol–water partition coefficient (Wildman–Crippen LogP) is 2.53. The third-order valence-corrected chi connectivity index (χ3v) is 4.02. The van der Waals surface area contributed by atoms with Crippen LogP contribution in [0.1, 0.15) is 32.0 Å². The fourth-order valence-corrected chi connectivity index (χ4v) is 2.51. The van der Waals surface area contributed by atoms with Gasteiger partial charge >= 0.3 is 0 Å². The molecule has 2 aromatic heterocycles. The molecule has 144 valence electrons. The van der Waals surface area contributed by atoms with Gasteiger partial charge in [0.2, 0.25) is 0 Å². The molecular formula is C18H30IN7. The molecule has 0 bridgehead atoms. The average molecular weight is 471 g/mol. The van der Waals surface area contributed by atoms with E-state index in [2.05, 4.69) is 63.5 Å².